The van der Waals surface area contributed by atoms with Crippen LogP contribution in [0.25, 0.3) is 17.0 Å². The van der Waals surface area contributed by atoms with Gasteiger partial charge in [0.15, 0.2) is 5.11 Å². The first-order valence-corrected chi connectivity index (χ1v) is 9.71. The van der Waals surface area contributed by atoms with Crippen LogP contribution >= 0.6 is 12.2 Å². The van der Waals surface area contributed by atoms with Gasteiger partial charge >= 0.3 is 0 Å². The molecule has 1 aliphatic rings. The van der Waals surface area contributed by atoms with E-state index in [0.717, 1.165) is 10.9 Å². The molecule has 1 aromatic heterocycles. The third kappa shape index (κ3) is 3.78. The van der Waals surface area contributed by atoms with Crippen LogP contribution in [0.3, 0.4) is 0 Å². The van der Waals surface area contributed by atoms with Gasteiger partial charge in [0.2, 0.25) is 5.91 Å². The minimum atomic E-state index is -0.591. The quantitative estimate of drug-likeness (QED) is 0.363. The van der Waals surface area contributed by atoms with Crippen LogP contribution < -0.4 is 20.7 Å². The van der Waals surface area contributed by atoms with Crippen molar-refractivity contribution >= 4 is 57.7 Å². The number of amides is 3. The van der Waals surface area contributed by atoms with E-state index < -0.39 is 17.7 Å². The minimum Gasteiger partial charge on any atom is -0.497 e. The molecule has 9 heteroatoms. The number of hydrogen-bond donors (Lipinski definition) is 2. The largest absolute Gasteiger partial charge is 0.497 e. The maximum absolute atomic E-state index is 13.2. The standard InChI is InChI=1S/C22H18N4O4S/c1-30-15-8-6-14(7-9-15)26-21(29)17(20(28)24-22(26)31)10-13-11-25(12-19(23)27)18-5-3-2-4-16(13)18/h2-11H,12H2,1H3,(H2,23,27)(H,24,28,31). The minimum absolute atomic E-state index is 0.00604. The van der Waals surface area contributed by atoms with E-state index >= 15 is 0 Å². The molecule has 1 aliphatic heterocycles. The number of aromatic nitrogens is 1. The highest BCUT2D eigenvalue weighted by atomic mass is 32.1. The Balaban J connectivity index is 1.78. The van der Waals surface area contributed by atoms with Gasteiger partial charge in [-0.15, -0.1) is 0 Å². The molecule has 2 heterocycles. The van der Waals surface area contributed by atoms with Crippen molar-refractivity contribution in [3.05, 3.63) is 65.9 Å². The summed E-state index contributed by atoms with van der Waals surface area (Å²) in [5.74, 6) is -1.01. The van der Waals surface area contributed by atoms with Gasteiger partial charge in [-0.1, -0.05) is 18.2 Å². The lowest BCUT2D eigenvalue weighted by atomic mass is 10.1. The van der Waals surface area contributed by atoms with Gasteiger partial charge in [0, 0.05) is 22.7 Å². The zero-order chi connectivity index (χ0) is 22.1. The molecule has 2 aromatic carbocycles. The van der Waals surface area contributed by atoms with Crippen molar-refractivity contribution in [2.75, 3.05) is 12.0 Å². The fourth-order valence-corrected chi connectivity index (χ4v) is 3.75. The second-order valence-corrected chi connectivity index (χ2v) is 7.24. The number of nitrogens with two attached hydrogens (primary N) is 1. The van der Waals surface area contributed by atoms with Crippen LogP contribution in [0.15, 0.2) is 60.3 Å². The van der Waals surface area contributed by atoms with Crippen molar-refractivity contribution < 1.29 is 19.1 Å². The highest BCUT2D eigenvalue weighted by Gasteiger charge is 2.34. The second kappa shape index (κ2) is 8.04. The molecule has 0 saturated carbocycles. The Kier molecular flexibility index (Phi) is 5.26. The van der Waals surface area contributed by atoms with Crippen LogP contribution in [-0.2, 0) is 20.9 Å². The number of primary amides is 1. The predicted molar refractivity (Wildman–Crippen MR) is 120 cm³/mol. The van der Waals surface area contributed by atoms with E-state index in [2.05, 4.69) is 5.32 Å². The van der Waals surface area contributed by atoms with Crippen LogP contribution in [0, 0.1) is 0 Å². The molecule has 1 fully saturated rings. The third-order valence-electron chi connectivity index (χ3n) is 4.88. The summed E-state index contributed by atoms with van der Waals surface area (Å²) in [6.45, 7) is -0.0219. The highest BCUT2D eigenvalue weighted by molar-refractivity contribution is 7.80. The van der Waals surface area contributed by atoms with Crippen LogP contribution in [0.5, 0.6) is 5.75 Å². The number of benzene rings is 2. The first kappa shape index (κ1) is 20.3. The lowest BCUT2D eigenvalue weighted by Gasteiger charge is -2.29. The van der Waals surface area contributed by atoms with Crippen molar-refractivity contribution in [3.8, 4) is 5.75 Å². The summed E-state index contributed by atoms with van der Waals surface area (Å²) in [5, 5.41) is 3.33. The molecule has 31 heavy (non-hydrogen) atoms. The predicted octanol–water partition coefficient (Wildman–Crippen LogP) is 1.97. The van der Waals surface area contributed by atoms with Crippen molar-refractivity contribution in [2.45, 2.75) is 6.54 Å². The van der Waals surface area contributed by atoms with E-state index in [1.807, 2.05) is 24.3 Å². The lowest BCUT2D eigenvalue weighted by molar-refractivity contribution is -0.122. The number of hydrogen-bond acceptors (Lipinski definition) is 5. The zero-order valence-electron chi connectivity index (χ0n) is 16.5. The molecular weight excluding hydrogens is 416 g/mol. The average Bonchev–Trinajstić information content (AvgIpc) is 3.08. The molecule has 0 aliphatic carbocycles. The Labute approximate surface area is 182 Å². The molecule has 0 bridgehead atoms. The van der Waals surface area contributed by atoms with Crippen molar-refractivity contribution in [1.82, 2.24) is 9.88 Å². The first-order chi connectivity index (χ1) is 14.9. The van der Waals surface area contributed by atoms with E-state index in [0.29, 0.717) is 17.0 Å². The molecule has 156 valence electrons. The van der Waals surface area contributed by atoms with Gasteiger partial charge in [0.05, 0.1) is 12.8 Å². The van der Waals surface area contributed by atoms with Crippen molar-refractivity contribution in [3.63, 3.8) is 0 Å². The van der Waals surface area contributed by atoms with Gasteiger partial charge < -0.3 is 15.0 Å². The van der Waals surface area contributed by atoms with Crippen molar-refractivity contribution in [2.24, 2.45) is 5.73 Å². The second-order valence-electron chi connectivity index (χ2n) is 6.85. The number of ether oxygens (including phenoxy) is 1. The molecule has 3 N–H and O–H groups in total. The van der Waals surface area contributed by atoms with Crippen LogP contribution in [-0.4, -0.2) is 34.5 Å². The Bertz CT molecular complexity index is 1260. The van der Waals surface area contributed by atoms with E-state index in [1.165, 1.54) is 11.0 Å². The zero-order valence-corrected chi connectivity index (χ0v) is 17.3. The number of thiocarbonyl (C=S) groups is 1. The number of nitrogens with one attached hydrogen (secondary N) is 1. The summed E-state index contributed by atoms with van der Waals surface area (Å²) in [6, 6.07) is 14.1. The van der Waals surface area contributed by atoms with E-state index in [4.69, 9.17) is 22.7 Å². The average molecular weight is 434 g/mol. The van der Waals surface area contributed by atoms with Gasteiger partial charge in [-0.2, -0.15) is 0 Å². The summed E-state index contributed by atoms with van der Waals surface area (Å²) >= 11 is 5.23. The molecule has 0 spiro atoms. The normalized spacial score (nSPS) is 15.5. The maximum atomic E-state index is 13.2. The van der Waals surface area contributed by atoms with E-state index in [-0.39, 0.29) is 17.2 Å². The van der Waals surface area contributed by atoms with Gasteiger partial charge in [0.1, 0.15) is 17.9 Å². The SMILES string of the molecule is COc1ccc(N2C(=O)C(=Cc3cn(CC(N)=O)c4ccccc34)C(=O)NC2=S)cc1. The molecule has 0 radical (unpaired) electrons. The summed E-state index contributed by atoms with van der Waals surface area (Å²) < 4.78 is 6.83. The molecule has 3 amide bonds. The topological polar surface area (TPSA) is 107 Å². The maximum Gasteiger partial charge on any atom is 0.270 e. The Morgan fingerprint density at radius 2 is 1.87 bits per heavy atom. The fraction of sp³-hybridized carbons (Fsp3) is 0.0909. The summed E-state index contributed by atoms with van der Waals surface area (Å²) in [5.41, 5.74) is 7.14. The molecule has 1 saturated heterocycles. The summed E-state index contributed by atoms with van der Waals surface area (Å²) in [7, 11) is 1.54. The lowest BCUT2D eigenvalue weighted by Crippen LogP contribution is -2.54. The smallest absolute Gasteiger partial charge is 0.270 e. The number of fused-ring (bicyclic) bond motifs is 1. The van der Waals surface area contributed by atoms with E-state index in [9.17, 15) is 14.4 Å². The Morgan fingerprint density at radius 3 is 2.55 bits per heavy atom. The van der Waals surface area contributed by atoms with Crippen LogP contribution in [0.1, 0.15) is 5.56 Å². The summed E-state index contributed by atoms with van der Waals surface area (Å²) in [4.78, 5) is 38.5. The van der Waals surface area contributed by atoms with Crippen LogP contribution in [0.2, 0.25) is 0 Å². The number of methoxy groups -OCH3 is 1. The third-order valence-corrected chi connectivity index (χ3v) is 5.16. The van der Waals surface area contributed by atoms with Gasteiger partial charge in [-0.3, -0.25) is 24.6 Å². The monoisotopic (exact) mass is 434 g/mol. The molecule has 4 rings (SSSR count). The van der Waals surface area contributed by atoms with Gasteiger partial charge in [-0.05, 0) is 48.6 Å². The first-order valence-electron chi connectivity index (χ1n) is 9.30. The number of anilines is 1. The Hall–Kier alpha value is -3.98. The van der Waals surface area contributed by atoms with Crippen molar-refractivity contribution in [1.29, 1.82) is 0 Å². The molecule has 0 unspecified atom stereocenters. The van der Waals surface area contributed by atoms with Gasteiger partial charge in [0.25, 0.3) is 11.8 Å². The number of carbonyl (C=O) groups excluding carboxylic acids is 3. The number of nitrogens with zero attached hydrogens (tertiary/aromatic N) is 2. The summed E-state index contributed by atoms with van der Waals surface area (Å²) in [6.07, 6.45) is 3.18. The Morgan fingerprint density at radius 1 is 1.16 bits per heavy atom. The molecular formula is C22H18N4O4S. The van der Waals surface area contributed by atoms with Gasteiger partial charge in [-0.25, -0.2) is 0 Å². The molecule has 8 nitrogen and oxygen atoms in total. The highest BCUT2D eigenvalue weighted by Crippen LogP contribution is 2.27. The molecule has 3 aromatic rings. The van der Waals surface area contributed by atoms with E-state index in [1.54, 1.807) is 42.1 Å². The van der Waals surface area contributed by atoms with Crippen LogP contribution in [0.4, 0.5) is 5.69 Å². The number of rotatable bonds is 5. The molecule has 0 atom stereocenters. The fourth-order valence-electron chi connectivity index (χ4n) is 3.47. The number of carbonyl (C=O) groups is 3. The number of para-hydroxylation sites is 1.